The summed E-state index contributed by atoms with van der Waals surface area (Å²) in [5, 5.41) is 12.6. The Kier molecular flexibility index (Phi) is 17.7. The maximum absolute atomic E-state index is 2.80. The first-order chi connectivity index (χ1) is 29.7. The third-order valence-corrected chi connectivity index (χ3v) is 16.4. The van der Waals surface area contributed by atoms with Crippen molar-refractivity contribution < 1.29 is 0 Å². The summed E-state index contributed by atoms with van der Waals surface area (Å²) in [6.07, 6.45) is 37.0. The van der Waals surface area contributed by atoms with Crippen LogP contribution in [0.4, 0.5) is 0 Å². The van der Waals surface area contributed by atoms with Crippen LogP contribution in [-0.2, 0) is 25.7 Å². The van der Waals surface area contributed by atoms with Crippen molar-refractivity contribution in [1.82, 2.24) is 0 Å². The van der Waals surface area contributed by atoms with Gasteiger partial charge in [0.1, 0.15) is 0 Å². The van der Waals surface area contributed by atoms with Crippen LogP contribution in [0.3, 0.4) is 0 Å². The van der Waals surface area contributed by atoms with Crippen molar-refractivity contribution in [3.05, 3.63) is 82.9 Å². The summed E-state index contributed by atoms with van der Waals surface area (Å²) in [6.45, 7) is 9.36. The van der Waals surface area contributed by atoms with Crippen molar-refractivity contribution in [2.75, 3.05) is 0 Å². The maximum atomic E-state index is 2.80. The van der Waals surface area contributed by atoms with E-state index in [1.165, 1.54) is 200 Å². The molecule has 0 unspecified atom stereocenters. The third-order valence-electron chi connectivity index (χ3n) is 13.9. The number of rotatable bonds is 28. The molecule has 0 atom stereocenters. The highest BCUT2D eigenvalue weighted by Gasteiger charge is 2.23. The van der Waals surface area contributed by atoms with Crippen molar-refractivity contribution >= 4 is 84.6 Å². The molecule has 7 aromatic rings. The topological polar surface area (TPSA) is 0 Å². The largest absolute Gasteiger partial charge is 0.135 e. The van der Waals surface area contributed by atoms with Crippen molar-refractivity contribution in [3.8, 4) is 0 Å². The van der Waals surface area contributed by atoms with E-state index in [1.54, 1.807) is 64.0 Å². The van der Waals surface area contributed by atoms with Crippen LogP contribution in [0.25, 0.3) is 61.9 Å². The van der Waals surface area contributed by atoms with Gasteiger partial charge in [-0.25, -0.2) is 0 Å². The molecule has 60 heavy (non-hydrogen) atoms. The molecule has 322 valence electrons. The van der Waals surface area contributed by atoms with Gasteiger partial charge in [-0.2, -0.15) is 0 Å². The van der Waals surface area contributed by atoms with E-state index in [0.717, 1.165) is 0 Å². The number of aryl methyl sites for hydroxylation is 4. The van der Waals surface area contributed by atoms with Gasteiger partial charge in [-0.3, -0.25) is 0 Å². The van der Waals surface area contributed by atoms with Gasteiger partial charge in [-0.05, 0) is 119 Å². The molecule has 0 bridgehead atoms. The van der Waals surface area contributed by atoms with E-state index in [1.807, 2.05) is 0 Å². The van der Waals surface area contributed by atoms with Crippen molar-refractivity contribution in [2.24, 2.45) is 0 Å². The van der Waals surface area contributed by atoms with E-state index < -0.39 is 0 Å². The molecule has 2 heterocycles. The Morgan fingerprint density at radius 3 is 0.933 bits per heavy atom. The van der Waals surface area contributed by atoms with Crippen LogP contribution in [0.5, 0.6) is 0 Å². The zero-order valence-corrected chi connectivity index (χ0v) is 40.0. The average Bonchev–Trinajstić information content (AvgIpc) is 3.85. The van der Waals surface area contributed by atoms with E-state index in [9.17, 15) is 0 Å². The molecule has 2 aromatic heterocycles. The summed E-state index contributed by atoms with van der Waals surface area (Å²) in [5.74, 6) is 0. The van der Waals surface area contributed by atoms with Crippen molar-refractivity contribution in [1.29, 1.82) is 0 Å². The number of unbranched alkanes of at least 4 members (excludes halogenated alkanes) is 20. The molecule has 0 fully saturated rings. The third kappa shape index (κ3) is 10.6. The van der Waals surface area contributed by atoms with Gasteiger partial charge in [-0.1, -0.05) is 193 Å². The molecule has 5 aromatic carbocycles. The molecule has 7 rings (SSSR count). The minimum Gasteiger partial charge on any atom is -0.135 e. The zero-order chi connectivity index (χ0) is 41.5. The average molecular weight is 839 g/mol. The fourth-order valence-corrected chi connectivity index (χ4v) is 13.2. The Hall–Kier alpha value is -2.94. The van der Waals surface area contributed by atoms with Gasteiger partial charge in [0, 0.05) is 40.3 Å². The number of hydrogen-bond donors (Lipinski definition) is 0. The van der Waals surface area contributed by atoms with Crippen LogP contribution in [0, 0.1) is 0 Å². The molecule has 0 amide bonds. The van der Waals surface area contributed by atoms with E-state index >= 15 is 0 Å². The fourth-order valence-electron chi connectivity index (χ4n) is 10.6. The van der Waals surface area contributed by atoms with E-state index in [4.69, 9.17) is 0 Å². The Bertz CT molecular complexity index is 2230. The van der Waals surface area contributed by atoms with Gasteiger partial charge in [0.25, 0.3) is 0 Å². The predicted octanol–water partition coefficient (Wildman–Crippen LogP) is 20.3. The highest BCUT2D eigenvalue weighted by molar-refractivity contribution is 7.26. The summed E-state index contributed by atoms with van der Waals surface area (Å²) >= 11 is 4.20. The molecule has 0 aliphatic heterocycles. The second-order valence-electron chi connectivity index (χ2n) is 18.5. The van der Waals surface area contributed by atoms with Crippen LogP contribution >= 0.6 is 22.7 Å². The maximum Gasteiger partial charge on any atom is 0.0396 e. The van der Waals surface area contributed by atoms with Gasteiger partial charge >= 0.3 is 0 Å². The fraction of sp³-hybridized carbons (Fsp3) is 0.552. The van der Waals surface area contributed by atoms with Crippen molar-refractivity contribution in [2.45, 2.75) is 207 Å². The van der Waals surface area contributed by atoms with Crippen LogP contribution in [0.2, 0.25) is 0 Å². The van der Waals surface area contributed by atoms with Crippen LogP contribution in [0.1, 0.15) is 204 Å². The standard InChI is InChI=1S/C58H78S2/c1-5-9-13-17-21-25-33-43-49-41-52-46(36-28-24-20-16-12-8-4)58-56(48-38-30-32-40-54(48)60-58)44(34-26-22-18-14-10-6-2)50(52)42-51(49)45(35-27-23-19-15-11-7-3)57-55(43)47-37-29-31-39-53(47)59-57/h29-32,37-42H,5-28,33-36H2,1-4H3. The normalized spacial score (nSPS) is 12.2. The highest BCUT2D eigenvalue weighted by Crippen LogP contribution is 2.49. The Morgan fingerprint density at radius 1 is 0.300 bits per heavy atom. The zero-order valence-electron chi connectivity index (χ0n) is 38.4. The van der Waals surface area contributed by atoms with Crippen LogP contribution < -0.4 is 0 Å². The summed E-state index contributed by atoms with van der Waals surface area (Å²) in [6, 6.07) is 24.4. The smallest absolute Gasteiger partial charge is 0.0396 e. The Balaban J connectivity index is 1.47. The van der Waals surface area contributed by atoms with E-state index in [0.29, 0.717) is 0 Å². The first-order valence-electron chi connectivity index (χ1n) is 25.4. The number of thiophene rings is 2. The summed E-state index contributed by atoms with van der Waals surface area (Å²) in [7, 11) is 0. The first kappa shape index (κ1) is 45.1. The van der Waals surface area contributed by atoms with Gasteiger partial charge < -0.3 is 0 Å². The quantitative estimate of drug-likeness (QED) is 0.0341. The SMILES string of the molecule is CCCCCCCCc1c2cc3c(CCCCCCCC)c4c(sc5ccccc54)c(CCCCCCCC)c3cc2c(CCCCCCCC)c2c1sc1ccccc12. The summed E-state index contributed by atoms with van der Waals surface area (Å²) < 4.78 is 6.15. The molecular formula is C58H78S2. The second-order valence-corrected chi connectivity index (χ2v) is 20.6. The lowest BCUT2D eigenvalue weighted by atomic mass is 9.84. The molecule has 0 spiro atoms. The number of fused-ring (bicyclic) bond motifs is 8. The Labute approximate surface area is 372 Å². The van der Waals surface area contributed by atoms with Crippen molar-refractivity contribution in [3.63, 3.8) is 0 Å². The lowest BCUT2D eigenvalue weighted by Gasteiger charge is -2.20. The van der Waals surface area contributed by atoms with E-state index in [2.05, 4.69) is 111 Å². The lowest BCUT2D eigenvalue weighted by molar-refractivity contribution is 0.608. The molecule has 0 nitrogen and oxygen atoms in total. The Morgan fingerprint density at radius 2 is 0.583 bits per heavy atom. The molecule has 0 saturated carbocycles. The van der Waals surface area contributed by atoms with Crippen LogP contribution in [-0.4, -0.2) is 0 Å². The molecule has 0 radical (unpaired) electrons. The molecule has 0 aliphatic carbocycles. The summed E-state index contributed by atoms with van der Waals surface area (Å²) in [4.78, 5) is 0. The highest BCUT2D eigenvalue weighted by atomic mass is 32.1. The van der Waals surface area contributed by atoms with Crippen LogP contribution in [0.15, 0.2) is 60.7 Å². The number of benzene rings is 5. The molecule has 0 aliphatic rings. The predicted molar refractivity (Wildman–Crippen MR) is 276 cm³/mol. The number of hydrogen-bond acceptors (Lipinski definition) is 2. The minimum absolute atomic E-state index is 1.19. The van der Waals surface area contributed by atoms with Gasteiger partial charge in [-0.15, -0.1) is 22.7 Å². The monoisotopic (exact) mass is 839 g/mol. The molecule has 0 saturated heterocycles. The minimum atomic E-state index is 1.19. The molecule has 0 N–H and O–H groups in total. The van der Waals surface area contributed by atoms with Gasteiger partial charge in [0.05, 0.1) is 0 Å². The molecular weight excluding hydrogens is 761 g/mol. The second kappa shape index (κ2) is 23.5. The van der Waals surface area contributed by atoms with Gasteiger partial charge in [0.2, 0.25) is 0 Å². The van der Waals surface area contributed by atoms with E-state index in [-0.39, 0.29) is 0 Å². The molecule has 2 heteroatoms. The summed E-state index contributed by atoms with van der Waals surface area (Å²) in [5.41, 5.74) is 6.62. The first-order valence-corrected chi connectivity index (χ1v) is 27.0. The lowest BCUT2D eigenvalue weighted by Crippen LogP contribution is -2.00. The van der Waals surface area contributed by atoms with Gasteiger partial charge in [0.15, 0.2) is 0 Å².